The number of methoxy groups -OCH3 is 1. The first-order valence-corrected chi connectivity index (χ1v) is 10.7. The van der Waals surface area contributed by atoms with Crippen molar-refractivity contribution in [3.8, 4) is 11.4 Å². The summed E-state index contributed by atoms with van der Waals surface area (Å²) in [5.41, 5.74) is 0.980. The zero-order valence-corrected chi connectivity index (χ0v) is 16.7. The average Bonchev–Trinajstić information content (AvgIpc) is 2.82. The molecule has 1 aliphatic rings. The molecule has 0 bridgehead atoms. The highest BCUT2D eigenvalue weighted by Gasteiger charge is 2.21. The highest BCUT2D eigenvalue weighted by atomic mass is 32.2. The highest BCUT2D eigenvalue weighted by Crippen LogP contribution is 2.16. The van der Waals surface area contributed by atoms with Crippen LogP contribution in [0.4, 0.5) is 0 Å². The van der Waals surface area contributed by atoms with Crippen LogP contribution in [0, 0.1) is 4.77 Å². The first-order chi connectivity index (χ1) is 12.4. The molecule has 142 valence electrons. The van der Waals surface area contributed by atoms with Crippen molar-refractivity contribution in [1.29, 1.82) is 0 Å². The fourth-order valence-electron chi connectivity index (χ4n) is 3.10. The molecule has 0 N–H and O–H groups in total. The molecule has 2 aromatic rings. The molecule has 1 aromatic heterocycles. The van der Waals surface area contributed by atoms with Crippen LogP contribution < -0.4 is 4.74 Å². The summed E-state index contributed by atoms with van der Waals surface area (Å²) in [5, 5.41) is 0. The van der Waals surface area contributed by atoms with Crippen LogP contribution in [0.2, 0.25) is 0 Å². The molecule has 0 atom stereocenters. The minimum atomic E-state index is -3.13. The summed E-state index contributed by atoms with van der Waals surface area (Å²) in [4.78, 5) is 2.24. The van der Waals surface area contributed by atoms with Gasteiger partial charge in [-0.2, -0.15) is 0 Å². The Morgan fingerprint density at radius 3 is 2.46 bits per heavy atom. The number of benzene rings is 1. The highest BCUT2D eigenvalue weighted by molar-refractivity contribution is 7.88. The van der Waals surface area contributed by atoms with E-state index in [9.17, 15) is 8.42 Å². The number of rotatable bonds is 5. The Kier molecular flexibility index (Phi) is 5.81. The summed E-state index contributed by atoms with van der Waals surface area (Å²) in [5.74, 6) is 0.805. The molecule has 26 heavy (non-hydrogen) atoms. The van der Waals surface area contributed by atoms with Gasteiger partial charge in [0.05, 0.1) is 20.0 Å². The summed E-state index contributed by atoms with van der Waals surface area (Å²) in [6, 6.07) is 7.75. The van der Waals surface area contributed by atoms with E-state index in [1.54, 1.807) is 11.4 Å². The number of aromatic nitrogens is 2. The lowest BCUT2D eigenvalue weighted by atomic mass is 10.3. The van der Waals surface area contributed by atoms with Crippen molar-refractivity contribution in [3.05, 3.63) is 41.4 Å². The smallest absolute Gasteiger partial charge is 0.211 e. The lowest BCUT2D eigenvalue weighted by Gasteiger charge is -2.21. The lowest BCUT2D eigenvalue weighted by Crippen LogP contribution is -2.35. The molecule has 1 fully saturated rings. The number of ether oxygens (including phenoxy) is 1. The Bertz CT molecular complexity index is 903. The van der Waals surface area contributed by atoms with E-state index >= 15 is 0 Å². The molecule has 0 spiro atoms. The molecule has 7 nitrogen and oxygen atoms in total. The predicted octanol–water partition coefficient (Wildman–Crippen LogP) is 1.94. The second kappa shape index (κ2) is 7.91. The molecule has 2 heterocycles. The van der Waals surface area contributed by atoms with Gasteiger partial charge >= 0.3 is 0 Å². The van der Waals surface area contributed by atoms with E-state index in [4.69, 9.17) is 17.0 Å². The Balaban J connectivity index is 1.71. The summed E-state index contributed by atoms with van der Waals surface area (Å²) in [7, 11) is -1.48. The van der Waals surface area contributed by atoms with E-state index in [0.717, 1.165) is 24.4 Å². The van der Waals surface area contributed by atoms with Gasteiger partial charge in [0.25, 0.3) is 0 Å². The third-order valence-electron chi connectivity index (χ3n) is 4.57. The Hall–Kier alpha value is -1.68. The van der Waals surface area contributed by atoms with Crippen molar-refractivity contribution in [2.45, 2.75) is 13.1 Å². The van der Waals surface area contributed by atoms with Gasteiger partial charge < -0.3 is 9.30 Å². The maximum absolute atomic E-state index is 11.7. The van der Waals surface area contributed by atoms with Crippen LogP contribution in [0.5, 0.6) is 5.75 Å². The standard InChI is InChI=1S/C17H24N4O3S2/c1-24-16-6-4-15(5-7-16)21-13-11-19(17(21)25)14-18-8-3-9-20(12-10-18)26(2,22)23/h4-7,11,13H,3,8-10,12,14H2,1-2H3. The van der Waals surface area contributed by atoms with Crippen LogP contribution >= 0.6 is 12.2 Å². The Morgan fingerprint density at radius 2 is 1.81 bits per heavy atom. The number of hydrogen-bond donors (Lipinski definition) is 0. The normalized spacial score (nSPS) is 17.2. The van der Waals surface area contributed by atoms with E-state index in [1.165, 1.54) is 6.26 Å². The molecule has 0 amide bonds. The quantitative estimate of drug-likeness (QED) is 0.723. The third kappa shape index (κ3) is 4.35. The molecule has 9 heteroatoms. The van der Waals surface area contributed by atoms with Crippen LogP contribution in [0.1, 0.15) is 6.42 Å². The van der Waals surface area contributed by atoms with Crippen LogP contribution in [0.15, 0.2) is 36.7 Å². The molecule has 3 rings (SSSR count). The number of hydrogen-bond acceptors (Lipinski definition) is 5. The minimum absolute atomic E-state index is 0.519. The van der Waals surface area contributed by atoms with E-state index < -0.39 is 10.0 Å². The van der Waals surface area contributed by atoms with Crippen LogP contribution in [-0.4, -0.2) is 66.3 Å². The van der Waals surface area contributed by atoms with E-state index in [0.29, 0.717) is 31.1 Å². The summed E-state index contributed by atoms with van der Waals surface area (Å²) < 4.78 is 34.9. The molecule has 0 unspecified atom stereocenters. The summed E-state index contributed by atoms with van der Waals surface area (Å²) in [6.07, 6.45) is 6.00. The van der Waals surface area contributed by atoms with Crippen molar-refractivity contribution in [2.75, 3.05) is 39.5 Å². The topological polar surface area (TPSA) is 59.7 Å². The Labute approximate surface area is 159 Å². The SMILES string of the molecule is COc1ccc(-n2ccn(CN3CCCN(S(C)(=O)=O)CC3)c2=S)cc1. The largest absolute Gasteiger partial charge is 0.497 e. The molecule has 0 aliphatic carbocycles. The van der Waals surface area contributed by atoms with E-state index in [-0.39, 0.29) is 0 Å². The number of nitrogens with zero attached hydrogens (tertiary/aromatic N) is 4. The molecule has 0 saturated carbocycles. The van der Waals surface area contributed by atoms with Crippen molar-refractivity contribution in [1.82, 2.24) is 18.3 Å². The summed E-state index contributed by atoms with van der Waals surface area (Å²) >= 11 is 5.62. The van der Waals surface area contributed by atoms with Gasteiger partial charge in [-0.05, 0) is 42.9 Å². The zero-order chi connectivity index (χ0) is 18.7. The van der Waals surface area contributed by atoms with Crippen LogP contribution in [-0.2, 0) is 16.7 Å². The number of sulfonamides is 1. The fourth-order valence-corrected chi connectivity index (χ4v) is 4.25. The molecule has 0 radical (unpaired) electrons. The van der Waals surface area contributed by atoms with Gasteiger partial charge in [0.2, 0.25) is 10.0 Å². The van der Waals surface area contributed by atoms with Crippen molar-refractivity contribution in [2.24, 2.45) is 0 Å². The second-order valence-electron chi connectivity index (χ2n) is 6.39. The monoisotopic (exact) mass is 396 g/mol. The maximum Gasteiger partial charge on any atom is 0.211 e. The first kappa shape index (κ1) is 19.1. The molecule has 1 aromatic carbocycles. The van der Waals surface area contributed by atoms with Gasteiger partial charge in [0.1, 0.15) is 5.75 Å². The van der Waals surface area contributed by atoms with Crippen molar-refractivity contribution in [3.63, 3.8) is 0 Å². The minimum Gasteiger partial charge on any atom is -0.497 e. The van der Waals surface area contributed by atoms with Gasteiger partial charge in [-0.1, -0.05) is 0 Å². The molecular formula is C17H24N4O3S2. The zero-order valence-electron chi connectivity index (χ0n) is 15.0. The second-order valence-corrected chi connectivity index (χ2v) is 8.74. The molecule has 1 saturated heterocycles. The van der Waals surface area contributed by atoms with Gasteiger partial charge in [0.15, 0.2) is 4.77 Å². The van der Waals surface area contributed by atoms with Crippen LogP contribution in [0.25, 0.3) is 5.69 Å². The molecular weight excluding hydrogens is 372 g/mol. The Morgan fingerprint density at radius 1 is 1.08 bits per heavy atom. The maximum atomic E-state index is 11.7. The predicted molar refractivity (Wildman–Crippen MR) is 104 cm³/mol. The van der Waals surface area contributed by atoms with Crippen LogP contribution in [0.3, 0.4) is 0 Å². The fraction of sp³-hybridized carbons (Fsp3) is 0.471. The van der Waals surface area contributed by atoms with Crippen molar-refractivity contribution >= 4 is 22.2 Å². The summed E-state index contributed by atoms with van der Waals surface area (Å²) in [6.45, 7) is 3.29. The van der Waals surface area contributed by atoms with Gasteiger partial charge in [-0.3, -0.25) is 9.47 Å². The van der Waals surface area contributed by atoms with Gasteiger partial charge in [-0.15, -0.1) is 0 Å². The molecule has 1 aliphatic heterocycles. The average molecular weight is 397 g/mol. The van der Waals surface area contributed by atoms with Gasteiger partial charge in [0, 0.05) is 44.3 Å². The van der Waals surface area contributed by atoms with Gasteiger partial charge in [-0.25, -0.2) is 12.7 Å². The number of imidazole rings is 1. The van der Waals surface area contributed by atoms with Crippen molar-refractivity contribution < 1.29 is 13.2 Å². The van der Waals surface area contributed by atoms with E-state index in [1.807, 2.05) is 45.8 Å². The third-order valence-corrected chi connectivity index (χ3v) is 6.30. The lowest BCUT2D eigenvalue weighted by molar-refractivity contribution is 0.227. The first-order valence-electron chi connectivity index (χ1n) is 8.48. The van der Waals surface area contributed by atoms with E-state index in [2.05, 4.69) is 4.90 Å².